The fourth-order valence-corrected chi connectivity index (χ4v) is 2.11. The molecule has 2 aromatic rings. The molecule has 2 N–H and O–H groups in total. The Balaban J connectivity index is 2.27. The lowest BCUT2D eigenvalue weighted by atomic mass is 9.75. The molecule has 98 valence electrons. The summed E-state index contributed by atoms with van der Waals surface area (Å²) < 4.78 is 12.1. The van der Waals surface area contributed by atoms with Crippen LogP contribution in [0.1, 0.15) is 12.0 Å². The summed E-state index contributed by atoms with van der Waals surface area (Å²) in [5.41, 5.74) is 3.30. The van der Waals surface area contributed by atoms with Gasteiger partial charge in [0.2, 0.25) is 0 Å². The van der Waals surface area contributed by atoms with Crippen LogP contribution < -0.4 is 5.46 Å². The van der Waals surface area contributed by atoms with Crippen LogP contribution in [0.4, 0.5) is 4.39 Å². The summed E-state index contributed by atoms with van der Waals surface area (Å²) in [4.78, 5) is 0. The van der Waals surface area contributed by atoms with E-state index in [0.29, 0.717) is 11.9 Å². The first-order valence-electron chi connectivity index (χ1n) is 6.32. The van der Waals surface area contributed by atoms with Gasteiger partial charge in [-0.1, -0.05) is 48.5 Å². The second-order valence-corrected chi connectivity index (χ2v) is 4.45. The van der Waals surface area contributed by atoms with Crippen molar-refractivity contribution in [3.05, 3.63) is 54.1 Å². The van der Waals surface area contributed by atoms with E-state index in [9.17, 15) is 14.4 Å². The van der Waals surface area contributed by atoms with Crippen LogP contribution in [-0.4, -0.2) is 23.8 Å². The molecule has 0 aliphatic carbocycles. The fraction of sp³-hybridized carbons (Fsp3) is 0.200. The minimum atomic E-state index is -1.48. The number of benzene rings is 2. The van der Waals surface area contributed by atoms with Crippen molar-refractivity contribution >= 4 is 12.6 Å². The third kappa shape index (κ3) is 3.43. The number of halogens is 1. The van der Waals surface area contributed by atoms with Gasteiger partial charge in [0, 0.05) is 0 Å². The molecule has 0 fully saturated rings. The minimum absolute atomic E-state index is 0.304. The van der Waals surface area contributed by atoms with Gasteiger partial charge in [-0.3, -0.25) is 4.39 Å². The van der Waals surface area contributed by atoms with Gasteiger partial charge in [0.15, 0.2) is 0 Å². The second-order valence-electron chi connectivity index (χ2n) is 4.45. The fourth-order valence-electron chi connectivity index (χ4n) is 2.11. The lowest BCUT2D eigenvalue weighted by Gasteiger charge is -2.09. The summed E-state index contributed by atoms with van der Waals surface area (Å²) in [6.45, 7) is -0.304. The predicted molar refractivity (Wildman–Crippen MR) is 76.0 cm³/mol. The first-order chi connectivity index (χ1) is 9.22. The summed E-state index contributed by atoms with van der Waals surface area (Å²) >= 11 is 0. The molecule has 0 unspecified atom stereocenters. The molecule has 2 nitrogen and oxygen atoms in total. The molecular weight excluding hydrogens is 242 g/mol. The third-order valence-electron chi connectivity index (χ3n) is 3.10. The monoisotopic (exact) mass is 258 g/mol. The zero-order chi connectivity index (χ0) is 13.7. The number of rotatable bonds is 5. The summed E-state index contributed by atoms with van der Waals surface area (Å²) in [5, 5.41) is 18.7. The summed E-state index contributed by atoms with van der Waals surface area (Å²) in [7, 11) is -1.48. The van der Waals surface area contributed by atoms with Crippen LogP contribution in [0.25, 0.3) is 11.1 Å². The van der Waals surface area contributed by atoms with Crippen molar-refractivity contribution in [1.82, 2.24) is 0 Å². The maximum absolute atomic E-state index is 12.1. The quantitative estimate of drug-likeness (QED) is 0.804. The summed E-state index contributed by atoms with van der Waals surface area (Å²) in [5.74, 6) is 0. The van der Waals surface area contributed by atoms with Crippen LogP contribution in [0.5, 0.6) is 0 Å². The number of hydrogen-bond donors (Lipinski definition) is 2. The third-order valence-corrected chi connectivity index (χ3v) is 3.10. The first-order valence-corrected chi connectivity index (χ1v) is 6.32. The molecule has 0 spiro atoms. The molecule has 0 aliphatic heterocycles. The molecule has 0 radical (unpaired) electrons. The minimum Gasteiger partial charge on any atom is -0.423 e. The van der Waals surface area contributed by atoms with E-state index in [1.54, 1.807) is 12.1 Å². The van der Waals surface area contributed by atoms with Gasteiger partial charge in [-0.25, -0.2) is 0 Å². The zero-order valence-corrected chi connectivity index (χ0v) is 10.6. The van der Waals surface area contributed by atoms with Crippen molar-refractivity contribution in [3.8, 4) is 11.1 Å². The molecule has 0 bridgehead atoms. The maximum Gasteiger partial charge on any atom is 0.489 e. The van der Waals surface area contributed by atoms with Gasteiger partial charge < -0.3 is 10.0 Å². The molecule has 0 amide bonds. The highest BCUT2D eigenvalue weighted by atomic mass is 19.1. The molecule has 19 heavy (non-hydrogen) atoms. The molecule has 0 saturated heterocycles. The van der Waals surface area contributed by atoms with E-state index in [2.05, 4.69) is 0 Å². The van der Waals surface area contributed by atoms with Gasteiger partial charge in [0.05, 0.1) is 6.67 Å². The molecule has 2 rings (SSSR count). The van der Waals surface area contributed by atoms with Crippen molar-refractivity contribution in [2.75, 3.05) is 6.67 Å². The second kappa shape index (κ2) is 6.50. The Morgan fingerprint density at radius 1 is 0.947 bits per heavy atom. The van der Waals surface area contributed by atoms with Gasteiger partial charge in [0.1, 0.15) is 0 Å². The zero-order valence-electron chi connectivity index (χ0n) is 10.6. The van der Waals surface area contributed by atoms with Crippen LogP contribution in [-0.2, 0) is 6.42 Å². The average Bonchev–Trinajstić information content (AvgIpc) is 2.45. The maximum atomic E-state index is 12.1. The molecule has 0 heterocycles. The first kappa shape index (κ1) is 13.8. The standard InChI is InChI=1S/C15H16BFO2/c17-11-3-4-12-7-9-13(10-8-12)14-5-1-2-6-15(14)16(18)19/h1-2,5-10,18-19H,3-4,11H2. The lowest BCUT2D eigenvalue weighted by Crippen LogP contribution is -2.31. The van der Waals surface area contributed by atoms with E-state index in [1.165, 1.54) is 0 Å². The van der Waals surface area contributed by atoms with Gasteiger partial charge in [-0.05, 0) is 35.0 Å². The van der Waals surface area contributed by atoms with E-state index in [0.717, 1.165) is 23.1 Å². The van der Waals surface area contributed by atoms with Crippen molar-refractivity contribution in [2.24, 2.45) is 0 Å². The SMILES string of the molecule is OB(O)c1ccccc1-c1ccc(CCCF)cc1. The smallest absolute Gasteiger partial charge is 0.423 e. The van der Waals surface area contributed by atoms with E-state index in [1.807, 2.05) is 36.4 Å². The predicted octanol–water partition coefficient (Wildman–Crippen LogP) is 1.94. The van der Waals surface area contributed by atoms with E-state index in [4.69, 9.17) is 0 Å². The summed E-state index contributed by atoms with van der Waals surface area (Å²) in [6.07, 6.45) is 1.26. The van der Waals surface area contributed by atoms with Crippen LogP contribution in [0.2, 0.25) is 0 Å². The Morgan fingerprint density at radius 2 is 1.63 bits per heavy atom. The van der Waals surface area contributed by atoms with Crippen LogP contribution in [0.15, 0.2) is 48.5 Å². The highest BCUT2D eigenvalue weighted by Gasteiger charge is 2.15. The van der Waals surface area contributed by atoms with Crippen LogP contribution >= 0.6 is 0 Å². The molecule has 0 aromatic heterocycles. The van der Waals surface area contributed by atoms with Crippen LogP contribution in [0, 0.1) is 0 Å². The number of alkyl halides is 1. The van der Waals surface area contributed by atoms with Crippen molar-refractivity contribution in [2.45, 2.75) is 12.8 Å². The average molecular weight is 258 g/mol. The Morgan fingerprint density at radius 3 is 2.26 bits per heavy atom. The Hall–Kier alpha value is -1.65. The Labute approximate surface area is 112 Å². The van der Waals surface area contributed by atoms with Gasteiger partial charge in [0.25, 0.3) is 0 Å². The Kier molecular flexibility index (Phi) is 4.71. The highest BCUT2D eigenvalue weighted by molar-refractivity contribution is 6.60. The number of hydrogen-bond acceptors (Lipinski definition) is 2. The van der Waals surface area contributed by atoms with E-state index >= 15 is 0 Å². The highest BCUT2D eigenvalue weighted by Crippen LogP contribution is 2.18. The van der Waals surface area contributed by atoms with E-state index in [-0.39, 0.29) is 6.67 Å². The van der Waals surface area contributed by atoms with Crippen molar-refractivity contribution in [3.63, 3.8) is 0 Å². The topological polar surface area (TPSA) is 40.5 Å². The van der Waals surface area contributed by atoms with Crippen molar-refractivity contribution < 1.29 is 14.4 Å². The van der Waals surface area contributed by atoms with E-state index < -0.39 is 7.12 Å². The van der Waals surface area contributed by atoms with Gasteiger partial charge in [-0.2, -0.15) is 0 Å². The largest absolute Gasteiger partial charge is 0.489 e. The summed E-state index contributed by atoms with van der Waals surface area (Å²) in [6, 6.07) is 14.9. The molecule has 2 aromatic carbocycles. The molecule has 4 heteroatoms. The van der Waals surface area contributed by atoms with Crippen molar-refractivity contribution in [1.29, 1.82) is 0 Å². The molecule has 0 atom stereocenters. The van der Waals surface area contributed by atoms with Gasteiger partial charge >= 0.3 is 7.12 Å². The normalized spacial score (nSPS) is 10.5. The molecular formula is C15H16BFO2. The molecule has 0 aliphatic rings. The molecule has 0 saturated carbocycles. The van der Waals surface area contributed by atoms with Gasteiger partial charge in [-0.15, -0.1) is 0 Å². The lowest BCUT2D eigenvalue weighted by molar-refractivity contribution is 0.426. The van der Waals surface area contributed by atoms with Crippen LogP contribution in [0.3, 0.4) is 0 Å². The Bertz CT molecular complexity index is 526. The number of aryl methyl sites for hydroxylation is 1.